The van der Waals surface area contributed by atoms with E-state index in [1.807, 2.05) is 19.2 Å². The van der Waals surface area contributed by atoms with Gasteiger partial charge in [0, 0.05) is 17.5 Å². The van der Waals surface area contributed by atoms with Gasteiger partial charge in [-0.3, -0.25) is 4.79 Å². The third-order valence-electron chi connectivity index (χ3n) is 3.47. The molecule has 2 nitrogen and oxygen atoms in total. The first-order valence-electron chi connectivity index (χ1n) is 6.00. The van der Waals surface area contributed by atoms with Crippen LogP contribution < -0.4 is 5.32 Å². The topological polar surface area (TPSA) is 29.1 Å². The molecule has 0 radical (unpaired) electrons. The van der Waals surface area contributed by atoms with Crippen LogP contribution in [0.3, 0.4) is 0 Å². The van der Waals surface area contributed by atoms with Gasteiger partial charge in [0.15, 0.2) is 5.78 Å². The van der Waals surface area contributed by atoms with E-state index in [-0.39, 0.29) is 5.41 Å². The van der Waals surface area contributed by atoms with Crippen molar-refractivity contribution in [3.63, 3.8) is 0 Å². The molecule has 1 aliphatic rings. The summed E-state index contributed by atoms with van der Waals surface area (Å²) in [7, 11) is 1.91. The quantitative estimate of drug-likeness (QED) is 0.767. The molecule has 1 fully saturated rings. The van der Waals surface area contributed by atoms with Gasteiger partial charge in [0.2, 0.25) is 0 Å². The lowest BCUT2D eigenvalue weighted by molar-refractivity contribution is 0.0900. The molecule has 0 bridgehead atoms. The number of hydrogen-bond acceptors (Lipinski definition) is 2. The summed E-state index contributed by atoms with van der Waals surface area (Å²) in [4.78, 5) is 12.3. The van der Waals surface area contributed by atoms with E-state index in [0.717, 1.165) is 31.4 Å². The Balaban J connectivity index is 2.15. The molecule has 1 aromatic carbocycles. The lowest BCUT2D eigenvalue weighted by Gasteiger charge is -2.13. The first-order valence-corrected chi connectivity index (χ1v) is 6.00. The maximum Gasteiger partial charge on any atom is 0.170 e. The van der Waals surface area contributed by atoms with Gasteiger partial charge in [-0.05, 0) is 31.9 Å². The molecule has 1 aliphatic carbocycles. The molecule has 1 N–H and O–H groups in total. The summed E-state index contributed by atoms with van der Waals surface area (Å²) in [5.41, 5.74) is 2.06. The minimum atomic E-state index is -0.0948. The maximum absolute atomic E-state index is 12.3. The van der Waals surface area contributed by atoms with E-state index < -0.39 is 0 Å². The third kappa shape index (κ3) is 2.03. The fourth-order valence-electron chi connectivity index (χ4n) is 2.17. The Labute approximate surface area is 97.1 Å². The summed E-state index contributed by atoms with van der Waals surface area (Å²) in [6.07, 6.45) is 3.08. The molecule has 1 aromatic rings. The molecule has 0 spiro atoms. The Morgan fingerprint density at radius 1 is 1.31 bits per heavy atom. The number of aryl methyl sites for hydroxylation is 1. The fourth-order valence-corrected chi connectivity index (χ4v) is 2.17. The van der Waals surface area contributed by atoms with E-state index in [4.69, 9.17) is 0 Å². The van der Waals surface area contributed by atoms with Crippen LogP contribution in [0.25, 0.3) is 0 Å². The first-order chi connectivity index (χ1) is 7.72. The molecule has 1 saturated carbocycles. The van der Waals surface area contributed by atoms with E-state index in [1.165, 1.54) is 5.56 Å². The first kappa shape index (κ1) is 11.3. The van der Waals surface area contributed by atoms with Crippen molar-refractivity contribution in [2.75, 3.05) is 13.6 Å². The Bertz CT molecular complexity index is 376. The molecule has 0 aromatic heterocycles. The van der Waals surface area contributed by atoms with Crippen molar-refractivity contribution in [2.45, 2.75) is 26.2 Å². The van der Waals surface area contributed by atoms with Crippen LogP contribution in [0.1, 0.15) is 35.7 Å². The second-order valence-electron chi connectivity index (χ2n) is 4.69. The van der Waals surface area contributed by atoms with E-state index in [1.54, 1.807) is 0 Å². The molecule has 0 aliphatic heterocycles. The number of rotatable bonds is 5. The van der Waals surface area contributed by atoms with Crippen molar-refractivity contribution in [3.8, 4) is 0 Å². The van der Waals surface area contributed by atoms with Gasteiger partial charge in [0.05, 0.1) is 0 Å². The summed E-state index contributed by atoms with van der Waals surface area (Å²) < 4.78 is 0. The second kappa shape index (κ2) is 4.38. The van der Waals surface area contributed by atoms with E-state index in [2.05, 4.69) is 24.4 Å². The van der Waals surface area contributed by atoms with Gasteiger partial charge in [0.25, 0.3) is 0 Å². The molecular weight excluding hydrogens is 198 g/mol. The Morgan fingerprint density at radius 3 is 2.38 bits per heavy atom. The minimum Gasteiger partial charge on any atom is -0.319 e. The van der Waals surface area contributed by atoms with Crippen LogP contribution in [0.5, 0.6) is 0 Å². The number of ketones is 1. The van der Waals surface area contributed by atoms with Gasteiger partial charge >= 0.3 is 0 Å². The SMILES string of the molecule is CCc1ccc(C(=O)C2(CNC)CC2)cc1. The molecule has 86 valence electrons. The highest BCUT2D eigenvalue weighted by Gasteiger charge is 2.48. The Morgan fingerprint density at radius 2 is 1.94 bits per heavy atom. The zero-order valence-corrected chi connectivity index (χ0v) is 10.0. The van der Waals surface area contributed by atoms with Gasteiger partial charge in [-0.2, -0.15) is 0 Å². The summed E-state index contributed by atoms with van der Waals surface area (Å²) in [6.45, 7) is 2.93. The van der Waals surface area contributed by atoms with Crippen LogP contribution in [0.15, 0.2) is 24.3 Å². The highest BCUT2D eigenvalue weighted by molar-refractivity contribution is 6.02. The molecular formula is C14H19NO. The second-order valence-corrected chi connectivity index (χ2v) is 4.69. The van der Waals surface area contributed by atoms with Gasteiger partial charge in [-0.15, -0.1) is 0 Å². The average Bonchev–Trinajstić information content (AvgIpc) is 3.10. The zero-order chi connectivity index (χ0) is 11.6. The predicted octanol–water partition coefficient (Wildman–Crippen LogP) is 2.43. The largest absolute Gasteiger partial charge is 0.319 e. The van der Waals surface area contributed by atoms with Crippen LogP contribution in [0.4, 0.5) is 0 Å². The van der Waals surface area contributed by atoms with Crippen molar-refractivity contribution in [1.29, 1.82) is 0 Å². The van der Waals surface area contributed by atoms with Gasteiger partial charge in [0.1, 0.15) is 0 Å². The van der Waals surface area contributed by atoms with Crippen LogP contribution in [-0.4, -0.2) is 19.4 Å². The molecule has 0 heterocycles. The molecule has 0 unspecified atom stereocenters. The highest BCUT2D eigenvalue weighted by atomic mass is 16.1. The number of Topliss-reactive ketones (excluding diaryl/α,β-unsaturated/α-hetero) is 1. The summed E-state index contributed by atoms with van der Waals surface area (Å²) in [5, 5.41) is 3.12. The summed E-state index contributed by atoms with van der Waals surface area (Å²) in [6, 6.07) is 8.05. The van der Waals surface area contributed by atoms with Gasteiger partial charge in [-0.25, -0.2) is 0 Å². The number of benzene rings is 1. The number of nitrogens with one attached hydrogen (secondary N) is 1. The van der Waals surface area contributed by atoms with E-state index in [9.17, 15) is 4.79 Å². The number of hydrogen-bond donors (Lipinski definition) is 1. The molecule has 0 amide bonds. The maximum atomic E-state index is 12.3. The van der Waals surface area contributed by atoms with E-state index in [0.29, 0.717) is 5.78 Å². The van der Waals surface area contributed by atoms with Crippen LogP contribution in [0, 0.1) is 5.41 Å². The number of carbonyl (C=O) groups excluding carboxylic acids is 1. The molecule has 2 rings (SSSR count). The number of carbonyl (C=O) groups is 1. The van der Waals surface area contributed by atoms with Crippen molar-refractivity contribution in [2.24, 2.45) is 5.41 Å². The minimum absolute atomic E-state index is 0.0948. The van der Waals surface area contributed by atoms with Gasteiger partial charge < -0.3 is 5.32 Å². The smallest absolute Gasteiger partial charge is 0.170 e. The third-order valence-corrected chi connectivity index (χ3v) is 3.47. The molecule has 0 saturated heterocycles. The lowest BCUT2D eigenvalue weighted by Crippen LogP contribution is -2.27. The van der Waals surface area contributed by atoms with Crippen LogP contribution in [0.2, 0.25) is 0 Å². The normalized spacial score (nSPS) is 17.1. The van der Waals surface area contributed by atoms with Crippen molar-refractivity contribution >= 4 is 5.78 Å². The Kier molecular flexibility index (Phi) is 3.10. The van der Waals surface area contributed by atoms with Crippen LogP contribution >= 0.6 is 0 Å². The van der Waals surface area contributed by atoms with Crippen molar-refractivity contribution in [3.05, 3.63) is 35.4 Å². The highest BCUT2D eigenvalue weighted by Crippen LogP contribution is 2.47. The van der Waals surface area contributed by atoms with E-state index >= 15 is 0 Å². The lowest BCUT2D eigenvalue weighted by atomic mass is 9.94. The standard InChI is InChI=1S/C14H19NO/c1-3-11-4-6-12(7-5-11)13(16)14(8-9-14)10-15-2/h4-7,15H,3,8-10H2,1-2H3. The van der Waals surface area contributed by atoms with Crippen molar-refractivity contribution in [1.82, 2.24) is 5.32 Å². The summed E-state index contributed by atoms with van der Waals surface area (Å²) in [5.74, 6) is 0.310. The fraction of sp³-hybridized carbons (Fsp3) is 0.500. The van der Waals surface area contributed by atoms with Crippen molar-refractivity contribution < 1.29 is 4.79 Å². The Hall–Kier alpha value is -1.15. The predicted molar refractivity (Wildman–Crippen MR) is 65.7 cm³/mol. The van der Waals surface area contributed by atoms with Gasteiger partial charge in [-0.1, -0.05) is 31.2 Å². The average molecular weight is 217 g/mol. The molecule has 2 heteroatoms. The molecule has 0 atom stereocenters. The van der Waals surface area contributed by atoms with Crippen LogP contribution in [-0.2, 0) is 6.42 Å². The zero-order valence-electron chi connectivity index (χ0n) is 10.0. The summed E-state index contributed by atoms with van der Waals surface area (Å²) >= 11 is 0. The molecule has 16 heavy (non-hydrogen) atoms. The monoisotopic (exact) mass is 217 g/mol.